The number of imide groups is 1. The summed E-state index contributed by atoms with van der Waals surface area (Å²) in [5.74, 6) is -0.273. The van der Waals surface area contributed by atoms with Crippen LogP contribution in [0.2, 0.25) is 0 Å². The van der Waals surface area contributed by atoms with Gasteiger partial charge in [0.25, 0.3) is 5.91 Å². The lowest BCUT2D eigenvalue weighted by molar-refractivity contribution is -0.121. The van der Waals surface area contributed by atoms with Crippen molar-refractivity contribution in [1.29, 1.82) is 0 Å². The second-order valence-electron chi connectivity index (χ2n) is 6.68. The molecule has 4 amide bonds. The van der Waals surface area contributed by atoms with Crippen LogP contribution in [0.1, 0.15) is 31.4 Å². The molecule has 1 aliphatic rings. The fourth-order valence-electron chi connectivity index (χ4n) is 2.74. The Morgan fingerprint density at radius 3 is 2.21 bits per heavy atom. The van der Waals surface area contributed by atoms with Crippen LogP contribution < -0.4 is 21.3 Å². The number of carbonyl (C=O) groups is 3. The quantitative estimate of drug-likeness (QED) is 0.593. The van der Waals surface area contributed by atoms with Crippen LogP contribution in [-0.4, -0.2) is 24.4 Å². The van der Waals surface area contributed by atoms with Crippen molar-refractivity contribution in [2.24, 2.45) is 5.92 Å². The van der Waals surface area contributed by atoms with E-state index in [9.17, 15) is 14.4 Å². The van der Waals surface area contributed by atoms with Crippen LogP contribution in [0.5, 0.6) is 0 Å². The first-order valence-electron chi connectivity index (χ1n) is 9.38. The Morgan fingerprint density at radius 1 is 0.964 bits per heavy atom. The molecule has 7 nitrogen and oxygen atoms in total. The van der Waals surface area contributed by atoms with E-state index in [0.29, 0.717) is 17.9 Å². The van der Waals surface area contributed by atoms with Gasteiger partial charge in [0.2, 0.25) is 5.91 Å². The highest BCUT2D eigenvalue weighted by molar-refractivity contribution is 5.99. The van der Waals surface area contributed by atoms with Gasteiger partial charge >= 0.3 is 6.03 Å². The fraction of sp³-hybridized carbons (Fsp3) is 0.286. The molecule has 2 aromatic rings. The van der Waals surface area contributed by atoms with E-state index in [1.807, 2.05) is 30.3 Å². The predicted molar refractivity (Wildman–Crippen MR) is 108 cm³/mol. The first kappa shape index (κ1) is 19.4. The Morgan fingerprint density at radius 2 is 1.61 bits per heavy atom. The minimum Gasteiger partial charge on any atom is -0.370 e. The molecule has 4 N–H and O–H groups in total. The number of nitrogens with one attached hydrogen (secondary N) is 4. The number of anilines is 2. The van der Waals surface area contributed by atoms with Crippen molar-refractivity contribution in [3.05, 3.63) is 60.2 Å². The van der Waals surface area contributed by atoms with Gasteiger partial charge < -0.3 is 16.0 Å². The van der Waals surface area contributed by atoms with Gasteiger partial charge in [0.05, 0.1) is 0 Å². The molecular weight excluding hydrogens is 356 g/mol. The molecule has 1 aliphatic carbocycles. The molecule has 1 unspecified atom stereocenters. The normalized spacial score (nSPS) is 13.9. The predicted octanol–water partition coefficient (Wildman–Crippen LogP) is 3.03. The molecular formula is C21H24N4O3. The molecule has 2 aromatic carbocycles. The van der Waals surface area contributed by atoms with E-state index in [2.05, 4.69) is 21.3 Å². The van der Waals surface area contributed by atoms with Crippen LogP contribution in [0, 0.1) is 5.92 Å². The van der Waals surface area contributed by atoms with Crippen molar-refractivity contribution in [1.82, 2.24) is 10.6 Å². The summed E-state index contributed by atoms with van der Waals surface area (Å²) in [6.45, 7) is 2.21. The first-order chi connectivity index (χ1) is 13.6. The molecule has 146 valence electrons. The number of carbonyl (C=O) groups excluding carboxylic acids is 3. The molecule has 1 fully saturated rings. The van der Waals surface area contributed by atoms with Crippen molar-refractivity contribution in [2.45, 2.75) is 25.8 Å². The summed E-state index contributed by atoms with van der Waals surface area (Å²) in [6, 6.07) is 15.0. The summed E-state index contributed by atoms with van der Waals surface area (Å²) >= 11 is 0. The zero-order valence-electron chi connectivity index (χ0n) is 15.7. The van der Waals surface area contributed by atoms with Crippen LogP contribution in [0.4, 0.5) is 16.2 Å². The minimum absolute atomic E-state index is 0.0455. The zero-order chi connectivity index (χ0) is 19.9. The standard InChI is InChI=1S/C21H24N4O3/c1-2-22-21(28)25-20(27)18(14-6-4-3-5-7-14)23-16-10-12-17(13-11-16)24-19(26)15-8-9-15/h3-7,10-13,15,18,23H,2,8-9H2,1H3,(H,24,26)(H2,22,25,27,28). The van der Waals surface area contributed by atoms with Crippen molar-refractivity contribution in [2.75, 3.05) is 17.2 Å². The fourth-order valence-corrected chi connectivity index (χ4v) is 2.74. The Hall–Kier alpha value is -3.35. The highest BCUT2D eigenvalue weighted by Gasteiger charge is 2.29. The average Bonchev–Trinajstić information content (AvgIpc) is 3.53. The molecule has 0 spiro atoms. The first-order valence-corrected chi connectivity index (χ1v) is 9.38. The van der Waals surface area contributed by atoms with Gasteiger partial charge in [-0.2, -0.15) is 0 Å². The molecule has 3 rings (SSSR count). The highest BCUT2D eigenvalue weighted by atomic mass is 16.2. The van der Waals surface area contributed by atoms with Gasteiger partial charge in [-0.25, -0.2) is 4.79 Å². The van der Waals surface area contributed by atoms with E-state index in [4.69, 9.17) is 0 Å². The third kappa shape index (κ3) is 5.33. The molecule has 0 saturated heterocycles. The van der Waals surface area contributed by atoms with Gasteiger partial charge in [-0.05, 0) is 49.6 Å². The molecule has 7 heteroatoms. The molecule has 28 heavy (non-hydrogen) atoms. The van der Waals surface area contributed by atoms with Crippen LogP contribution >= 0.6 is 0 Å². The van der Waals surface area contributed by atoms with E-state index in [0.717, 1.165) is 18.4 Å². The van der Waals surface area contributed by atoms with E-state index < -0.39 is 18.0 Å². The maximum atomic E-state index is 12.6. The molecule has 0 aromatic heterocycles. The summed E-state index contributed by atoms with van der Waals surface area (Å²) in [5.41, 5.74) is 2.14. The Balaban J connectivity index is 1.70. The van der Waals surface area contributed by atoms with Crippen molar-refractivity contribution in [3.63, 3.8) is 0 Å². The van der Waals surface area contributed by atoms with Crippen LogP contribution in [0.25, 0.3) is 0 Å². The van der Waals surface area contributed by atoms with Gasteiger partial charge in [0.1, 0.15) is 6.04 Å². The number of amides is 4. The number of benzene rings is 2. The number of rotatable bonds is 7. The van der Waals surface area contributed by atoms with Gasteiger partial charge in [-0.15, -0.1) is 0 Å². The zero-order valence-corrected chi connectivity index (χ0v) is 15.7. The molecule has 0 heterocycles. The molecule has 0 radical (unpaired) electrons. The smallest absolute Gasteiger partial charge is 0.321 e. The van der Waals surface area contributed by atoms with Crippen LogP contribution in [0.15, 0.2) is 54.6 Å². The van der Waals surface area contributed by atoms with Crippen LogP contribution in [-0.2, 0) is 9.59 Å². The monoisotopic (exact) mass is 380 g/mol. The Bertz CT molecular complexity index is 832. The summed E-state index contributed by atoms with van der Waals surface area (Å²) in [4.78, 5) is 36.2. The van der Waals surface area contributed by atoms with Gasteiger partial charge in [-0.1, -0.05) is 30.3 Å². The number of hydrogen-bond acceptors (Lipinski definition) is 4. The molecule has 1 saturated carbocycles. The van der Waals surface area contributed by atoms with Crippen LogP contribution in [0.3, 0.4) is 0 Å². The summed E-state index contributed by atoms with van der Waals surface area (Å²) < 4.78 is 0. The molecule has 0 aliphatic heterocycles. The lowest BCUT2D eigenvalue weighted by Gasteiger charge is -2.20. The summed E-state index contributed by atoms with van der Waals surface area (Å²) in [7, 11) is 0. The van der Waals surface area contributed by atoms with Crippen molar-refractivity contribution >= 4 is 29.2 Å². The minimum atomic E-state index is -0.740. The summed E-state index contributed by atoms with van der Waals surface area (Å²) in [6.07, 6.45) is 1.90. The largest absolute Gasteiger partial charge is 0.370 e. The van der Waals surface area contributed by atoms with E-state index in [1.165, 1.54) is 0 Å². The van der Waals surface area contributed by atoms with Crippen molar-refractivity contribution < 1.29 is 14.4 Å². The third-order valence-corrected chi connectivity index (χ3v) is 4.38. The Labute approximate surface area is 163 Å². The third-order valence-electron chi connectivity index (χ3n) is 4.38. The SMILES string of the molecule is CCNC(=O)NC(=O)C(Nc1ccc(NC(=O)C2CC2)cc1)c1ccccc1. The average molecular weight is 380 g/mol. The maximum absolute atomic E-state index is 12.6. The maximum Gasteiger partial charge on any atom is 0.321 e. The molecule has 1 atom stereocenters. The lowest BCUT2D eigenvalue weighted by Crippen LogP contribution is -2.43. The lowest BCUT2D eigenvalue weighted by atomic mass is 10.1. The highest BCUT2D eigenvalue weighted by Crippen LogP contribution is 2.30. The summed E-state index contributed by atoms with van der Waals surface area (Å²) in [5, 5.41) is 10.9. The topological polar surface area (TPSA) is 99.3 Å². The van der Waals surface area contributed by atoms with E-state index in [1.54, 1.807) is 31.2 Å². The Kier molecular flexibility index (Phi) is 6.26. The molecule has 0 bridgehead atoms. The van der Waals surface area contributed by atoms with E-state index >= 15 is 0 Å². The van der Waals surface area contributed by atoms with Gasteiger partial charge in [-0.3, -0.25) is 14.9 Å². The number of hydrogen-bond donors (Lipinski definition) is 4. The van der Waals surface area contributed by atoms with Gasteiger partial charge in [0.15, 0.2) is 0 Å². The second-order valence-corrected chi connectivity index (χ2v) is 6.68. The number of urea groups is 1. The second kappa shape index (κ2) is 9.03. The van der Waals surface area contributed by atoms with Gasteiger partial charge in [0, 0.05) is 23.8 Å². The van der Waals surface area contributed by atoms with Crippen molar-refractivity contribution in [3.8, 4) is 0 Å². The van der Waals surface area contributed by atoms with E-state index in [-0.39, 0.29) is 11.8 Å².